The summed E-state index contributed by atoms with van der Waals surface area (Å²) in [5.41, 5.74) is 0.851. The number of carbonyl (C=O) groups excluding carboxylic acids is 2. The lowest BCUT2D eigenvalue weighted by molar-refractivity contribution is -0.137. The van der Waals surface area contributed by atoms with Crippen LogP contribution in [0.25, 0.3) is 0 Å². The highest BCUT2D eigenvalue weighted by Gasteiger charge is 2.35. The highest BCUT2D eigenvalue weighted by molar-refractivity contribution is 7.12. The first kappa shape index (κ1) is 29.2. The summed E-state index contributed by atoms with van der Waals surface area (Å²) < 4.78 is 44.7. The normalized spacial score (nSPS) is 17.9. The van der Waals surface area contributed by atoms with Crippen LogP contribution in [0.1, 0.15) is 38.8 Å². The molecule has 2 amide bonds. The molecule has 2 aliphatic rings. The lowest BCUT2D eigenvalue weighted by Crippen LogP contribution is -2.46. The number of hydrogen-bond acceptors (Lipinski definition) is 6. The third-order valence-electron chi connectivity index (χ3n) is 7.09. The summed E-state index contributed by atoms with van der Waals surface area (Å²) in [5.74, 6) is -0.913. The predicted octanol–water partition coefficient (Wildman–Crippen LogP) is 5.57. The summed E-state index contributed by atoms with van der Waals surface area (Å²) in [4.78, 5) is 31.8. The molecule has 1 aromatic heterocycles. The smallest absolute Gasteiger partial charge is 0.379 e. The fourth-order valence-corrected chi connectivity index (χ4v) is 5.68. The van der Waals surface area contributed by atoms with E-state index in [0.29, 0.717) is 44.3 Å². The SMILES string of the molecule is O=C(c1ccc(C(F)(F)F)cc1)N(CCN1CCOCC1)CC(=O)N1N=C(c2cccs2)C[C@H]1c1ccc(Cl)cc1. The van der Waals surface area contributed by atoms with Crippen LogP contribution in [0.4, 0.5) is 13.2 Å². The zero-order valence-electron chi connectivity index (χ0n) is 22.0. The fraction of sp³-hybridized carbons (Fsp3) is 0.345. The first-order chi connectivity index (χ1) is 19.7. The van der Waals surface area contributed by atoms with Crippen LogP contribution in [-0.4, -0.2) is 78.3 Å². The van der Waals surface area contributed by atoms with Crippen molar-refractivity contribution >= 4 is 40.5 Å². The number of hydrogen-bond donors (Lipinski definition) is 0. The summed E-state index contributed by atoms with van der Waals surface area (Å²) in [6.45, 7) is 2.95. The first-order valence-corrected chi connectivity index (χ1v) is 14.4. The number of halogens is 4. The molecule has 0 saturated carbocycles. The Hall–Kier alpha value is -3.25. The third kappa shape index (κ3) is 7.16. The average Bonchev–Trinajstić information content (AvgIpc) is 3.66. The quantitative estimate of drug-likeness (QED) is 0.337. The molecule has 0 bridgehead atoms. The summed E-state index contributed by atoms with van der Waals surface area (Å²) in [7, 11) is 0. The summed E-state index contributed by atoms with van der Waals surface area (Å²) in [6.07, 6.45) is -4.02. The van der Waals surface area contributed by atoms with Gasteiger partial charge in [0, 0.05) is 43.2 Å². The maximum Gasteiger partial charge on any atom is 0.416 e. The van der Waals surface area contributed by atoms with Gasteiger partial charge in [-0.15, -0.1) is 11.3 Å². The van der Waals surface area contributed by atoms with E-state index in [0.717, 1.165) is 40.4 Å². The van der Waals surface area contributed by atoms with Crippen LogP contribution >= 0.6 is 22.9 Å². The Balaban J connectivity index is 1.39. The second-order valence-corrected chi connectivity index (χ2v) is 11.2. The van der Waals surface area contributed by atoms with Crippen LogP contribution in [-0.2, 0) is 15.7 Å². The Morgan fingerprint density at radius 2 is 1.76 bits per heavy atom. The van der Waals surface area contributed by atoms with Crippen LogP contribution in [0.5, 0.6) is 0 Å². The number of amides is 2. The highest BCUT2D eigenvalue weighted by atomic mass is 35.5. The number of hydrazone groups is 1. The summed E-state index contributed by atoms with van der Waals surface area (Å²) >= 11 is 7.62. The van der Waals surface area contributed by atoms with Crippen LogP contribution < -0.4 is 0 Å². The molecule has 0 N–H and O–H groups in total. The molecule has 2 aliphatic heterocycles. The Bertz CT molecular complexity index is 1380. The van der Waals surface area contributed by atoms with E-state index in [2.05, 4.69) is 10.0 Å². The second-order valence-electron chi connectivity index (χ2n) is 9.79. The van der Waals surface area contributed by atoms with Gasteiger partial charge in [0.25, 0.3) is 11.8 Å². The monoisotopic (exact) mass is 604 g/mol. The Morgan fingerprint density at radius 1 is 1.05 bits per heavy atom. The summed E-state index contributed by atoms with van der Waals surface area (Å²) in [5, 5.41) is 8.60. The number of nitrogens with zero attached hydrogens (tertiary/aromatic N) is 4. The van der Waals surface area contributed by atoms with E-state index < -0.39 is 23.6 Å². The molecule has 2 aromatic carbocycles. The van der Waals surface area contributed by atoms with Gasteiger partial charge < -0.3 is 9.64 Å². The third-order valence-corrected chi connectivity index (χ3v) is 8.26. The van der Waals surface area contributed by atoms with Gasteiger partial charge in [0.1, 0.15) is 6.54 Å². The Kier molecular flexibility index (Phi) is 9.08. The molecule has 0 spiro atoms. The number of morpholine rings is 1. The van der Waals surface area contributed by atoms with Crippen molar-refractivity contribution in [3.8, 4) is 0 Å². The van der Waals surface area contributed by atoms with Gasteiger partial charge in [0.05, 0.1) is 35.4 Å². The van der Waals surface area contributed by atoms with Crippen molar-refractivity contribution in [1.82, 2.24) is 14.8 Å². The first-order valence-electron chi connectivity index (χ1n) is 13.1. The molecule has 3 heterocycles. The molecule has 41 heavy (non-hydrogen) atoms. The molecule has 1 atom stereocenters. The van der Waals surface area contributed by atoms with Gasteiger partial charge in [-0.05, 0) is 53.4 Å². The number of carbonyl (C=O) groups is 2. The number of thiophene rings is 1. The molecule has 216 valence electrons. The van der Waals surface area contributed by atoms with Gasteiger partial charge in [-0.3, -0.25) is 14.5 Å². The lowest BCUT2D eigenvalue weighted by atomic mass is 10.0. The number of benzene rings is 2. The van der Waals surface area contributed by atoms with Crippen molar-refractivity contribution in [1.29, 1.82) is 0 Å². The van der Waals surface area contributed by atoms with Crippen LogP contribution in [0.3, 0.4) is 0 Å². The minimum absolute atomic E-state index is 0.0752. The maximum absolute atomic E-state index is 13.8. The zero-order valence-corrected chi connectivity index (χ0v) is 23.6. The van der Waals surface area contributed by atoms with Crippen molar-refractivity contribution in [3.63, 3.8) is 0 Å². The van der Waals surface area contributed by atoms with Crippen molar-refractivity contribution in [2.75, 3.05) is 45.9 Å². The fourth-order valence-electron chi connectivity index (χ4n) is 4.84. The van der Waals surface area contributed by atoms with Gasteiger partial charge in [0.15, 0.2) is 0 Å². The number of rotatable bonds is 8. The van der Waals surface area contributed by atoms with E-state index in [9.17, 15) is 22.8 Å². The Morgan fingerprint density at radius 3 is 2.39 bits per heavy atom. The molecule has 0 aliphatic carbocycles. The van der Waals surface area contributed by atoms with Gasteiger partial charge in [-0.1, -0.05) is 29.8 Å². The zero-order chi connectivity index (χ0) is 29.0. The van der Waals surface area contributed by atoms with E-state index in [1.54, 1.807) is 12.1 Å². The van der Waals surface area contributed by atoms with Crippen LogP contribution in [0.15, 0.2) is 71.1 Å². The molecule has 1 fully saturated rings. The van der Waals surface area contributed by atoms with Gasteiger partial charge in [0.2, 0.25) is 0 Å². The van der Waals surface area contributed by atoms with Crippen molar-refractivity contribution < 1.29 is 27.5 Å². The van der Waals surface area contributed by atoms with Crippen molar-refractivity contribution in [3.05, 3.63) is 92.6 Å². The van der Waals surface area contributed by atoms with Gasteiger partial charge >= 0.3 is 6.18 Å². The number of ether oxygens (including phenoxy) is 1. The van der Waals surface area contributed by atoms with E-state index in [4.69, 9.17) is 16.3 Å². The van der Waals surface area contributed by atoms with Crippen molar-refractivity contribution in [2.24, 2.45) is 5.10 Å². The van der Waals surface area contributed by atoms with E-state index in [-0.39, 0.29) is 24.7 Å². The minimum atomic E-state index is -4.52. The molecular formula is C29H28ClF3N4O3S. The molecule has 3 aromatic rings. The van der Waals surface area contributed by atoms with Gasteiger partial charge in [-0.25, -0.2) is 5.01 Å². The summed E-state index contributed by atoms with van der Waals surface area (Å²) in [6, 6.07) is 14.7. The van der Waals surface area contributed by atoms with E-state index in [1.807, 2.05) is 29.6 Å². The molecule has 0 unspecified atom stereocenters. The van der Waals surface area contributed by atoms with Gasteiger partial charge in [-0.2, -0.15) is 18.3 Å². The molecule has 7 nitrogen and oxygen atoms in total. The van der Waals surface area contributed by atoms with Crippen molar-refractivity contribution in [2.45, 2.75) is 18.6 Å². The molecule has 5 rings (SSSR count). The minimum Gasteiger partial charge on any atom is -0.379 e. The van der Waals surface area contributed by atoms with Crippen LogP contribution in [0.2, 0.25) is 5.02 Å². The standard InChI is InChI=1S/C29H28ClF3N4O3S/c30-23-9-5-20(6-10-23)25-18-24(26-2-1-17-41-26)34-37(25)27(38)19-36(12-11-35-13-15-40-16-14-35)28(39)21-3-7-22(8-4-21)29(31,32)33/h1-10,17,25H,11-16,18-19H2/t25-/m0/s1. The van der Waals surface area contributed by atoms with E-state index in [1.165, 1.54) is 21.2 Å². The molecule has 12 heteroatoms. The topological polar surface area (TPSA) is 65.5 Å². The second kappa shape index (κ2) is 12.7. The average molecular weight is 605 g/mol. The Labute approximate surface area is 244 Å². The number of alkyl halides is 3. The maximum atomic E-state index is 13.8. The van der Waals surface area contributed by atoms with E-state index >= 15 is 0 Å². The highest BCUT2D eigenvalue weighted by Crippen LogP contribution is 2.34. The lowest BCUT2D eigenvalue weighted by Gasteiger charge is -2.31. The molecule has 0 radical (unpaired) electrons. The largest absolute Gasteiger partial charge is 0.416 e. The molecular weight excluding hydrogens is 577 g/mol. The molecule has 1 saturated heterocycles. The van der Waals surface area contributed by atoms with Crippen LogP contribution in [0, 0.1) is 0 Å². The predicted molar refractivity (Wildman–Crippen MR) is 151 cm³/mol.